The maximum Gasteiger partial charge on any atom is 0.326 e. The average Bonchev–Trinajstić information content (AvgIpc) is 2.80. The number of carbonyl (C=O) groups excluding carboxylic acids is 1. The van der Waals surface area contributed by atoms with Gasteiger partial charge in [-0.2, -0.15) is 0 Å². The van der Waals surface area contributed by atoms with Crippen LogP contribution in [0.2, 0.25) is 0 Å². The van der Waals surface area contributed by atoms with Gasteiger partial charge in [0.15, 0.2) is 0 Å². The topological polar surface area (TPSA) is 77.8 Å². The van der Waals surface area contributed by atoms with Crippen molar-refractivity contribution in [2.45, 2.75) is 23.5 Å². The van der Waals surface area contributed by atoms with E-state index in [4.69, 9.17) is 5.11 Å². The van der Waals surface area contributed by atoms with E-state index in [-0.39, 0.29) is 18.7 Å². The Kier molecular flexibility index (Phi) is 4.61. The molecule has 2 N–H and O–H groups in total. The summed E-state index contributed by atoms with van der Waals surface area (Å²) in [5.41, 5.74) is 0. The van der Waals surface area contributed by atoms with Gasteiger partial charge in [0.05, 0.1) is 11.9 Å². The summed E-state index contributed by atoms with van der Waals surface area (Å²) in [7, 11) is 0. The van der Waals surface area contributed by atoms with Crippen LogP contribution in [-0.2, 0) is 9.59 Å². The number of carboxylic acids is 1. The number of carbonyl (C=O) groups is 2. The number of hydrogen-bond donors (Lipinski definition) is 2. The average molecular weight is 299 g/mol. The van der Waals surface area contributed by atoms with E-state index in [2.05, 4.69) is 0 Å². The molecule has 0 spiro atoms. The molecular formula is C13H14FNO4S. The number of amides is 1. The van der Waals surface area contributed by atoms with Crippen LogP contribution in [-0.4, -0.2) is 51.4 Å². The highest BCUT2D eigenvalue weighted by Crippen LogP contribution is 2.24. The zero-order chi connectivity index (χ0) is 14.7. The van der Waals surface area contributed by atoms with E-state index in [9.17, 15) is 19.1 Å². The lowest BCUT2D eigenvalue weighted by Gasteiger charge is -2.20. The minimum absolute atomic E-state index is 0.00757. The summed E-state index contributed by atoms with van der Waals surface area (Å²) in [5.74, 6) is -2.02. The van der Waals surface area contributed by atoms with Gasteiger partial charge in [-0.05, 0) is 12.1 Å². The zero-order valence-corrected chi connectivity index (χ0v) is 11.3. The second-order valence-corrected chi connectivity index (χ2v) is 5.53. The van der Waals surface area contributed by atoms with E-state index in [0.717, 1.165) is 16.7 Å². The van der Waals surface area contributed by atoms with Crippen molar-refractivity contribution in [3.8, 4) is 0 Å². The molecule has 0 aliphatic carbocycles. The van der Waals surface area contributed by atoms with Crippen LogP contribution in [0.4, 0.5) is 4.39 Å². The first-order chi connectivity index (χ1) is 9.49. The number of halogens is 1. The Morgan fingerprint density at radius 3 is 2.75 bits per heavy atom. The highest BCUT2D eigenvalue weighted by atomic mass is 32.2. The monoisotopic (exact) mass is 299 g/mol. The van der Waals surface area contributed by atoms with E-state index in [1.165, 1.54) is 6.07 Å². The van der Waals surface area contributed by atoms with Crippen molar-refractivity contribution in [2.75, 3.05) is 12.3 Å². The van der Waals surface area contributed by atoms with Crippen LogP contribution in [0.3, 0.4) is 0 Å². The predicted molar refractivity (Wildman–Crippen MR) is 70.9 cm³/mol. The Balaban J connectivity index is 1.98. The Morgan fingerprint density at radius 1 is 1.40 bits per heavy atom. The highest BCUT2D eigenvalue weighted by Gasteiger charge is 2.38. The summed E-state index contributed by atoms with van der Waals surface area (Å²) in [6.45, 7) is 0.00757. The molecule has 1 aromatic carbocycles. The second kappa shape index (κ2) is 6.23. The molecule has 0 unspecified atom stereocenters. The lowest BCUT2D eigenvalue weighted by molar-refractivity contribution is -0.147. The number of nitrogens with zero attached hydrogens (tertiary/aromatic N) is 1. The van der Waals surface area contributed by atoms with Crippen molar-refractivity contribution in [1.29, 1.82) is 0 Å². The largest absolute Gasteiger partial charge is 0.480 e. The van der Waals surface area contributed by atoms with Gasteiger partial charge in [0.2, 0.25) is 5.91 Å². The van der Waals surface area contributed by atoms with Gasteiger partial charge in [-0.1, -0.05) is 12.1 Å². The van der Waals surface area contributed by atoms with E-state index in [1.54, 1.807) is 18.2 Å². The van der Waals surface area contributed by atoms with Gasteiger partial charge >= 0.3 is 5.97 Å². The van der Waals surface area contributed by atoms with E-state index < -0.39 is 29.8 Å². The fourth-order valence-corrected chi connectivity index (χ4v) is 2.93. The SMILES string of the molecule is O=C(O)[C@@H]1C[C@@H](O)CN1C(=O)CSc1ccccc1F. The van der Waals surface area contributed by atoms with Crippen molar-refractivity contribution in [2.24, 2.45) is 0 Å². The zero-order valence-electron chi connectivity index (χ0n) is 10.5. The molecule has 1 fully saturated rings. The molecule has 1 aliphatic rings. The van der Waals surface area contributed by atoms with Gasteiger partial charge in [0, 0.05) is 17.9 Å². The van der Waals surface area contributed by atoms with Gasteiger partial charge in [-0.25, -0.2) is 9.18 Å². The molecule has 1 saturated heterocycles. The first kappa shape index (κ1) is 14.8. The van der Waals surface area contributed by atoms with Crippen molar-refractivity contribution in [3.05, 3.63) is 30.1 Å². The number of aliphatic carboxylic acids is 1. The number of rotatable bonds is 4. The van der Waals surface area contributed by atoms with Crippen LogP contribution in [0.1, 0.15) is 6.42 Å². The summed E-state index contributed by atoms with van der Waals surface area (Å²) in [6.07, 6.45) is -0.788. The summed E-state index contributed by atoms with van der Waals surface area (Å²) in [5, 5.41) is 18.5. The lowest BCUT2D eigenvalue weighted by atomic mass is 10.2. The van der Waals surface area contributed by atoms with Crippen molar-refractivity contribution >= 4 is 23.6 Å². The fourth-order valence-electron chi connectivity index (χ4n) is 2.11. The van der Waals surface area contributed by atoms with Crippen molar-refractivity contribution in [3.63, 3.8) is 0 Å². The number of β-amino-alcohol motifs (C(OH)–C–C–N with tert-alkyl or cyclic N) is 1. The number of hydrogen-bond acceptors (Lipinski definition) is 4. The summed E-state index contributed by atoms with van der Waals surface area (Å²) in [6, 6.07) is 5.07. The molecule has 0 saturated carbocycles. The standard InChI is InChI=1S/C13H14FNO4S/c14-9-3-1-2-4-11(9)20-7-12(17)15-6-8(16)5-10(15)13(18)19/h1-4,8,10,16H,5-7H2,(H,18,19)/t8-,10+/m1/s1. The van der Waals surface area contributed by atoms with Crippen LogP contribution in [0.5, 0.6) is 0 Å². The molecule has 0 aromatic heterocycles. The number of aliphatic hydroxyl groups excluding tert-OH is 1. The van der Waals surface area contributed by atoms with Gasteiger partial charge in [-0.15, -0.1) is 11.8 Å². The van der Waals surface area contributed by atoms with Gasteiger partial charge < -0.3 is 15.1 Å². The third-order valence-corrected chi connectivity index (χ3v) is 4.11. The van der Waals surface area contributed by atoms with Crippen LogP contribution in [0, 0.1) is 5.82 Å². The molecule has 1 aromatic rings. The molecule has 2 rings (SSSR count). The predicted octanol–water partition coefficient (Wildman–Crippen LogP) is 0.964. The van der Waals surface area contributed by atoms with Gasteiger partial charge in [0.25, 0.3) is 0 Å². The molecular weight excluding hydrogens is 285 g/mol. The molecule has 1 aliphatic heterocycles. The minimum atomic E-state index is -1.13. The molecule has 1 heterocycles. The first-order valence-electron chi connectivity index (χ1n) is 6.06. The summed E-state index contributed by atoms with van der Waals surface area (Å²) in [4.78, 5) is 24.5. The normalized spacial score (nSPS) is 22.0. The van der Waals surface area contributed by atoms with Gasteiger partial charge in [-0.3, -0.25) is 4.79 Å². The molecule has 0 bridgehead atoms. The summed E-state index contributed by atoms with van der Waals surface area (Å²) < 4.78 is 13.4. The van der Waals surface area contributed by atoms with Crippen LogP contribution >= 0.6 is 11.8 Å². The van der Waals surface area contributed by atoms with Crippen molar-refractivity contribution < 1.29 is 24.2 Å². The first-order valence-corrected chi connectivity index (χ1v) is 7.05. The fraction of sp³-hybridized carbons (Fsp3) is 0.385. The Labute approximate surface area is 119 Å². The molecule has 108 valence electrons. The molecule has 7 heteroatoms. The number of thioether (sulfide) groups is 1. The van der Waals surface area contributed by atoms with Crippen molar-refractivity contribution in [1.82, 2.24) is 4.90 Å². The number of benzene rings is 1. The van der Waals surface area contributed by atoms with Gasteiger partial charge in [0.1, 0.15) is 11.9 Å². The van der Waals surface area contributed by atoms with Crippen LogP contribution < -0.4 is 0 Å². The maximum atomic E-state index is 13.4. The molecule has 5 nitrogen and oxygen atoms in total. The number of aliphatic hydroxyl groups is 1. The smallest absolute Gasteiger partial charge is 0.326 e. The van der Waals surface area contributed by atoms with E-state index in [0.29, 0.717) is 4.90 Å². The Morgan fingerprint density at radius 2 is 2.10 bits per heavy atom. The number of likely N-dealkylation sites (tertiary alicyclic amines) is 1. The second-order valence-electron chi connectivity index (χ2n) is 4.51. The molecule has 0 radical (unpaired) electrons. The van der Waals surface area contributed by atoms with E-state index in [1.807, 2.05) is 0 Å². The quantitative estimate of drug-likeness (QED) is 0.810. The third kappa shape index (κ3) is 3.29. The molecule has 1 amide bonds. The van der Waals surface area contributed by atoms with Crippen LogP contribution in [0.15, 0.2) is 29.2 Å². The highest BCUT2D eigenvalue weighted by molar-refractivity contribution is 8.00. The minimum Gasteiger partial charge on any atom is -0.480 e. The Hall–Kier alpha value is -1.60. The summed E-state index contributed by atoms with van der Waals surface area (Å²) >= 11 is 1.02. The maximum absolute atomic E-state index is 13.4. The number of carboxylic acid groups (broad SMARTS) is 1. The van der Waals surface area contributed by atoms with Crippen LogP contribution in [0.25, 0.3) is 0 Å². The van der Waals surface area contributed by atoms with E-state index >= 15 is 0 Å². The molecule has 20 heavy (non-hydrogen) atoms. The lowest BCUT2D eigenvalue weighted by Crippen LogP contribution is -2.41. The molecule has 2 atom stereocenters. The third-order valence-electron chi connectivity index (χ3n) is 3.07. The Bertz CT molecular complexity index is 525.